The smallest absolute Gasteiger partial charge is 0.244 e. The van der Waals surface area contributed by atoms with Gasteiger partial charge in [-0.3, -0.25) is 9.78 Å². The van der Waals surface area contributed by atoms with Gasteiger partial charge in [0.1, 0.15) is 5.82 Å². The Bertz CT molecular complexity index is 596. The Balaban J connectivity index is 1.78. The molecule has 1 heterocycles. The molecule has 0 aliphatic carbocycles. The summed E-state index contributed by atoms with van der Waals surface area (Å²) < 4.78 is 12.9. The van der Waals surface area contributed by atoms with Crippen molar-refractivity contribution in [2.45, 2.75) is 6.42 Å². The third kappa shape index (κ3) is 4.65. The molecule has 0 saturated heterocycles. The van der Waals surface area contributed by atoms with Crippen LogP contribution in [-0.2, 0) is 11.2 Å². The van der Waals surface area contributed by atoms with Gasteiger partial charge in [-0.15, -0.1) is 0 Å². The molecular weight excluding hydrogens is 255 g/mol. The van der Waals surface area contributed by atoms with E-state index < -0.39 is 0 Å². The minimum Gasteiger partial charge on any atom is -0.352 e. The zero-order chi connectivity index (χ0) is 14.2. The van der Waals surface area contributed by atoms with Gasteiger partial charge >= 0.3 is 0 Å². The third-order valence-electron chi connectivity index (χ3n) is 2.74. The van der Waals surface area contributed by atoms with Crippen LogP contribution in [0.3, 0.4) is 0 Å². The van der Waals surface area contributed by atoms with Crippen molar-refractivity contribution >= 4 is 12.0 Å². The molecule has 102 valence electrons. The minimum atomic E-state index is -0.315. The topological polar surface area (TPSA) is 42.0 Å². The van der Waals surface area contributed by atoms with Crippen molar-refractivity contribution in [2.75, 3.05) is 6.54 Å². The number of amides is 1. The quantitative estimate of drug-likeness (QED) is 0.848. The van der Waals surface area contributed by atoms with E-state index in [0.717, 1.165) is 12.0 Å². The van der Waals surface area contributed by atoms with Crippen LogP contribution in [0, 0.1) is 5.82 Å². The van der Waals surface area contributed by atoms with E-state index in [9.17, 15) is 9.18 Å². The Morgan fingerprint density at radius 1 is 1.25 bits per heavy atom. The first kappa shape index (κ1) is 13.9. The van der Waals surface area contributed by atoms with Crippen LogP contribution < -0.4 is 5.32 Å². The van der Waals surface area contributed by atoms with Crippen LogP contribution in [0.1, 0.15) is 11.1 Å². The Kier molecular flexibility index (Phi) is 5.00. The van der Waals surface area contributed by atoms with E-state index in [2.05, 4.69) is 10.3 Å². The van der Waals surface area contributed by atoms with Gasteiger partial charge in [0, 0.05) is 25.0 Å². The Morgan fingerprint density at radius 2 is 2.05 bits per heavy atom. The van der Waals surface area contributed by atoms with Gasteiger partial charge in [-0.2, -0.15) is 0 Å². The van der Waals surface area contributed by atoms with Crippen molar-refractivity contribution in [3.05, 3.63) is 71.8 Å². The average molecular weight is 270 g/mol. The molecule has 0 bridgehead atoms. The minimum absolute atomic E-state index is 0.191. The van der Waals surface area contributed by atoms with Crippen LogP contribution in [0.4, 0.5) is 4.39 Å². The Labute approximate surface area is 117 Å². The molecule has 0 atom stereocenters. The van der Waals surface area contributed by atoms with E-state index in [4.69, 9.17) is 0 Å². The van der Waals surface area contributed by atoms with Gasteiger partial charge in [0.2, 0.25) is 5.91 Å². The molecule has 1 aromatic carbocycles. The molecule has 0 unspecified atom stereocenters. The fourth-order valence-corrected chi connectivity index (χ4v) is 1.72. The van der Waals surface area contributed by atoms with E-state index in [1.54, 1.807) is 30.6 Å². The maximum atomic E-state index is 12.9. The third-order valence-corrected chi connectivity index (χ3v) is 2.74. The fourth-order valence-electron chi connectivity index (χ4n) is 1.72. The summed E-state index contributed by atoms with van der Waals surface area (Å²) >= 11 is 0. The number of hydrogen-bond acceptors (Lipinski definition) is 2. The summed E-state index contributed by atoms with van der Waals surface area (Å²) in [5.41, 5.74) is 1.78. The fraction of sp³-hybridized carbons (Fsp3) is 0.125. The maximum Gasteiger partial charge on any atom is 0.244 e. The van der Waals surface area contributed by atoms with E-state index in [1.165, 1.54) is 18.2 Å². The Hall–Kier alpha value is -2.49. The van der Waals surface area contributed by atoms with Gasteiger partial charge in [-0.25, -0.2) is 4.39 Å². The highest BCUT2D eigenvalue weighted by Gasteiger charge is 1.97. The molecule has 2 aromatic rings. The first-order valence-corrected chi connectivity index (χ1v) is 6.34. The lowest BCUT2D eigenvalue weighted by Gasteiger charge is -2.02. The number of pyridine rings is 1. The molecule has 3 nitrogen and oxygen atoms in total. The lowest BCUT2D eigenvalue weighted by Crippen LogP contribution is -2.23. The molecule has 4 heteroatoms. The first-order chi connectivity index (χ1) is 9.74. The number of nitrogens with zero attached hydrogens (tertiary/aromatic N) is 1. The van der Waals surface area contributed by atoms with Crippen molar-refractivity contribution in [1.82, 2.24) is 10.3 Å². The van der Waals surface area contributed by atoms with Crippen molar-refractivity contribution < 1.29 is 9.18 Å². The second kappa shape index (κ2) is 7.19. The lowest BCUT2D eigenvalue weighted by molar-refractivity contribution is -0.116. The highest BCUT2D eigenvalue weighted by molar-refractivity contribution is 5.91. The normalized spacial score (nSPS) is 10.7. The zero-order valence-corrected chi connectivity index (χ0v) is 10.9. The van der Waals surface area contributed by atoms with Gasteiger partial charge in [-0.05, 0) is 47.9 Å². The monoisotopic (exact) mass is 270 g/mol. The summed E-state index contributed by atoms with van der Waals surface area (Å²) in [6.07, 6.45) is 7.19. The average Bonchev–Trinajstić information content (AvgIpc) is 2.46. The number of rotatable bonds is 5. The molecule has 0 aliphatic heterocycles. The van der Waals surface area contributed by atoms with Gasteiger partial charge in [0.05, 0.1) is 0 Å². The Morgan fingerprint density at radius 3 is 2.80 bits per heavy atom. The molecule has 0 spiro atoms. The number of aromatic nitrogens is 1. The van der Waals surface area contributed by atoms with Crippen molar-refractivity contribution in [3.8, 4) is 0 Å². The molecule has 0 saturated carbocycles. The maximum absolute atomic E-state index is 12.9. The molecule has 2 rings (SSSR count). The van der Waals surface area contributed by atoms with Crippen molar-refractivity contribution in [2.24, 2.45) is 0 Å². The van der Waals surface area contributed by atoms with E-state index in [1.807, 2.05) is 12.1 Å². The molecular formula is C16H15FN2O. The predicted molar refractivity (Wildman–Crippen MR) is 76.4 cm³/mol. The number of benzene rings is 1. The predicted octanol–water partition coefficient (Wildman–Crippen LogP) is 2.59. The van der Waals surface area contributed by atoms with Crippen LogP contribution in [0.25, 0.3) is 6.08 Å². The summed E-state index contributed by atoms with van der Waals surface area (Å²) in [7, 11) is 0. The molecule has 1 aromatic heterocycles. The van der Waals surface area contributed by atoms with Crippen LogP contribution in [0.2, 0.25) is 0 Å². The highest BCUT2D eigenvalue weighted by Crippen LogP contribution is 2.05. The van der Waals surface area contributed by atoms with E-state index in [0.29, 0.717) is 12.1 Å². The van der Waals surface area contributed by atoms with Crippen molar-refractivity contribution in [1.29, 1.82) is 0 Å². The molecule has 0 radical (unpaired) electrons. The number of carbonyl (C=O) groups excluding carboxylic acids is 1. The van der Waals surface area contributed by atoms with Gasteiger partial charge in [-0.1, -0.05) is 12.1 Å². The number of nitrogens with one attached hydrogen (secondary N) is 1. The summed E-state index contributed by atoms with van der Waals surface area (Å²) in [6.45, 7) is 0.552. The number of halogens is 1. The van der Waals surface area contributed by atoms with E-state index in [-0.39, 0.29) is 11.7 Å². The van der Waals surface area contributed by atoms with Crippen molar-refractivity contribution in [3.63, 3.8) is 0 Å². The van der Waals surface area contributed by atoms with E-state index >= 15 is 0 Å². The first-order valence-electron chi connectivity index (χ1n) is 6.34. The standard InChI is InChI=1S/C16H15FN2O/c17-15-3-1-2-14(12-15)4-5-16(20)19-11-8-13-6-9-18-10-7-13/h1-7,9-10,12H,8,11H2,(H,19,20)/b5-4+. The summed E-state index contributed by atoms with van der Waals surface area (Å²) in [6, 6.07) is 9.91. The van der Waals surface area contributed by atoms with Crippen LogP contribution in [0.5, 0.6) is 0 Å². The highest BCUT2D eigenvalue weighted by atomic mass is 19.1. The molecule has 0 aliphatic rings. The largest absolute Gasteiger partial charge is 0.352 e. The zero-order valence-electron chi connectivity index (χ0n) is 10.9. The second-order valence-electron chi connectivity index (χ2n) is 4.28. The molecule has 1 amide bonds. The number of carbonyl (C=O) groups is 1. The van der Waals surface area contributed by atoms with Crippen LogP contribution in [-0.4, -0.2) is 17.4 Å². The second-order valence-corrected chi connectivity index (χ2v) is 4.28. The van der Waals surface area contributed by atoms with Gasteiger partial charge in [0.15, 0.2) is 0 Å². The summed E-state index contributed by atoms with van der Waals surface area (Å²) in [5, 5.41) is 2.78. The summed E-state index contributed by atoms with van der Waals surface area (Å²) in [4.78, 5) is 15.5. The summed E-state index contributed by atoms with van der Waals surface area (Å²) in [5.74, 6) is -0.506. The number of hydrogen-bond donors (Lipinski definition) is 1. The lowest BCUT2D eigenvalue weighted by atomic mass is 10.2. The molecule has 0 fully saturated rings. The SMILES string of the molecule is O=C(/C=C/c1cccc(F)c1)NCCc1ccncc1. The van der Waals surface area contributed by atoms with Gasteiger partial charge in [0.25, 0.3) is 0 Å². The molecule has 1 N–H and O–H groups in total. The van der Waals surface area contributed by atoms with Crippen LogP contribution in [0.15, 0.2) is 54.9 Å². The molecule has 20 heavy (non-hydrogen) atoms. The van der Waals surface area contributed by atoms with Gasteiger partial charge < -0.3 is 5.32 Å². The van der Waals surface area contributed by atoms with Crippen LogP contribution >= 0.6 is 0 Å².